The Hall–Kier alpha value is -2.19. The van der Waals surface area contributed by atoms with Gasteiger partial charge < -0.3 is 19.2 Å². The highest BCUT2D eigenvalue weighted by Gasteiger charge is 2.27. The maximum Gasteiger partial charge on any atom is 0.223 e. The van der Waals surface area contributed by atoms with E-state index in [0.717, 1.165) is 88.1 Å². The van der Waals surface area contributed by atoms with Crippen molar-refractivity contribution < 1.29 is 9.21 Å². The van der Waals surface area contributed by atoms with Crippen LogP contribution in [-0.2, 0) is 30.7 Å². The minimum absolute atomic E-state index is 0.104. The van der Waals surface area contributed by atoms with E-state index in [-0.39, 0.29) is 17.9 Å². The lowest BCUT2D eigenvalue weighted by molar-refractivity contribution is -0.127. The quantitative estimate of drug-likeness (QED) is 0.779. The van der Waals surface area contributed by atoms with Crippen LogP contribution in [0.3, 0.4) is 0 Å². The van der Waals surface area contributed by atoms with Gasteiger partial charge in [0, 0.05) is 38.4 Å². The van der Waals surface area contributed by atoms with E-state index in [1.165, 1.54) is 0 Å². The molecule has 1 amide bonds. The van der Waals surface area contributed by atoms with Crippen LogP contribution in [0.5, 0.6) is 0 Å². The van der Waals surface area contributed by atoms with Gasteiger partial charge >= 0.3 is 0 Å². The molecule has 30 heavy (non-hydrogen) atoms. The number of nitrogens with one attached hydrogen (secondary N) is 1. The third kappa shape index (κ3) is 4.75. The van der Waals surface area contributed by atoms with Crippen LogP contribution in [0.2, 0.25) is 0 Å². The monoisotopic (exact) mass is 414 g/mol. The van der Waals surface area contributed by atoms with Crippen molar-refractivity contribution in [1.82, 2.24) is 29.9 Å². The summed E-state index contributed by atoms with van der Waals surface area (Å²) in [6, 6.07) is 4.01. The van der Waals surface area contributed by atoms with Gasteiger partial charge in [0.25, 0.3) is 0 Å². The summed E-state index contributed by atoms with van der Waals surface area (Å²) in [6.07, 6.45) is 3.62. The van der Waals surface area contributed by atoms with Crippen LogP contribution in [0.4, 0.5) is 0 Å². The van der Waals surface area contributed by atoms with E-state index >= 15 is 0 Å². The Morgan fingerprint density at radius 1 is 1.17 bits per heavy atom. The molecular formula is C22H34N6O2. The summed E-state index contributed by atoms with van der Waals surface area (Å²) < 4.78 is 8.07. The van der Waals surface area contributed by atoms with E-state index in [9.17, 15) is 4.79 Å². The smallest absolute Gasteiger partial charge is 0.223 e. The Morgan fingerprint density at radius 3 is 2.67 bits per heavy atom. The van der Waals surface area contributed by atoms with Gasteiger partial charge in [0.1, 0.15) is 17.3 Å². The number of hydrogen-bond acceptors (Lipinski definition) is 6. The molecule has 1 fully saturated rings. The van der Waals surface area contributed by atoms with E-state index < -0.39 is 0 Å². The van der Waals surface area contributed by atoms with Gasteiger partial charge in [-0.15, -0.1) is 10.2 Å². The van der Waals surface area contributed by atoms with Crippen molar-refractivity contribution in [2.75, 3.05) is 33.2 Å². The average Bonchev–Trinajstić information content (AvgIpc) is 3.32. The number of nitrogens with zero attached hydrogens (tertiary/aromatic N) is 5. The maximum absolute atomic E-state index is 12.7. The predicted molar refractivity (Wildman–Crippen MR) is 114 cm³/mol. The highest BCUT2D eigenvalue weighted by molar-refractivity contribution is 5.79. The van der Waals surface area contributed by atoms with Crippen molar-refractivity contribution in [3.05, 3.63) is 35.3 Å². The fourth-order valence-corrected chi connectivity index (χ4v) is 4.45. The Balaban J connectivity index is 1.35. The number of fused-ring (bicyclic) bond motifs is 1. The number of hydrogen-bond donors (Lipinski definition) is 1. The summed E-state index contributed by atoms with van der Waals surface area (Å²) >= 11 is 0. The van der Waals surface area contributed by atoms with Crippen LogP contribution in [0.25, 0.3) is 0 Å². The summed E-state index contributed by atoms with van der Waals surface area (Å²) in [5, 5.41) is 12.0. The number of aryl methyl sites for hydroxylation is 1. The third-order valence-corrected chi connectivity index (χ3v) is 6.43. The van der Waals surface area contributed by atoms with E-state index in [1.54, 1.807) is 0 Å². The molecule has 2 aromatic rings. The zero-order valence-electron chi connectivity index (χ0n) is 18.4. The van der Waals surface area contributed by atoms with Gasteiger partial charge in [-0.2, -0.15) is 0 Å². The van der Waals surface area contributed by atoms with Crippen molar-refractivity contribution in [2.45, 2.75) is 58.7 Å². The van der Waals surface area contributed by atoms with Crippen LogP contribution >= 0.6 is 0 Å². The molecule has 1 atom stereocenters. The number of piperidine rings is 1. The second-order valence-corrected chi connectivity index (χ2v) is 8.68. The maximum atomic E-state index is 12.7. The van der Waals surface area contributed by atoms with Crippen LogP contribution in [-0.4, -0.2) is 63.7 Å². The fraction of sp³-hybridized carbons (Fsp3) is 0.682. The number of rotatable bonds is 6. The summed E-state index contributed by atoms with van der Waals surface area (Å²) in [5.74, 6) is 4.16. The number of likely N-dealkylation sites (tertiary alicyclic amines) is 1. The molecule has 4 heterocycles. The molecule has 164 valence electrons. The van der Waals surface area contributed by atoms with Crippen LogP contribution in [0.15, 0.2) is 16.5 Å². The minimum atomic E-state index is -0.137. The second kappa shape index (κ2) is 9.31. The highest BCUT2D eigenvalue weighted by atomic mass is 16.3. The zero-order chi connectivity index (χ0) is 21.1. The van der Waals surface area contributed by atoms with Crippen molar-refractivity contribution in [1.29, 1.82) is 0 Å². The SMILES string of the molecule is CCc1ccc(CN2CCc3nnc([C@H](C)NC(=O)C4CCN(C)CC4)n3CC2)o1. The first-order valence-electron chi connectivity index (χ1n) is 11.2. The first-order valence-corrected chi connectivity index (χ1v) is 11.2. The van der Waals surface area contributed by atoms with E-state index in [2.05, 4.69) is 56.0 Å². The molecule has 1 saturated heterocycles. The standard InChI is InChI=1S/C22H34N6O2/c1-4-18-5-6-19(30-18)15-27-12-9-20-24-25-21(28(20)14-13-27)16(2)23-22(29)17-7-10-26(3)11-8-17/h5-6,16-17H,4,7-15H2,1-3H3,(H,23,29)/t16-/m0/s1. The summed E-state index contributed by atoms with van der Waals surface area (Å²) in [4.78, 5) is 17.4. The Kier molecular flexibility index (Phi) is 6.53. The largest absolute Gasteiger partial charge is 0.465 e. The van der Waals surface area contributed by atoms with Gasteiger partial charge in [0.2, 0.25) is 5.91 Å². The van der Waals surface area contributed by atoms with Gasteiger partial charge in [-0.05, 0) is 52.0 Å². The molecule has 4 rings (SSSR count). The second-order valence-electron chi connectivity index (χ2n) is 8.68. The molecule has 0 aromatic carbocycles. The molecule has 0 bridgehead atoms. The molecule has 0 unspecified atom stereocenters. The summed E-state index contributed by atoms with van der Waals surface area (Å²) in [5.41, 5.74) is 0. The molecular weight excluding hydrogens is 380 g/mol. The summed E-state index contributed by atoms with van der Waals surface area (Å²) in [6.45, 7) is 9.57. The van der Waals surface area contributed by atoms with E-state index in [4.69, 9.17) is 4.42 Å². The molecule has 8 heteroatoms. The fourth-order valence-electron chi connectivity index (χ4n) is 4.45. The number of aromatic nitrogens is 3. The number of furan rings is 1. The number of carbonyl (C=O) groups is 1. The van der Waals surface area contributed by atoms with Gasteiger partial charge in [-0.1, -0.05) is 6.92 Å². The van der Waals surface area contributed by atoms with Crippen molar-refractivity contribution in [3.63, 3.8) is 0 Å². The average molecular weight is 415 g/mol. The molecule has 0 radical (unpaired) electrons. The van der Waals surface area contributed by atoms with E-state index in [0.29, 0.717) is 0 Å². The Labute approximate surface area is 178 Å². The number of amides is 1. The number of carbonyl (C=O) groups excluding carboxylic acids is 1. The Morgan fingerprint density at radius 2 is 1.93 bits per heavy atom. The van der Waals surface area contributed by atoms with Crippen LogP contribution < -0.4 is 5.32 Å². The molecule has 0 spiro atoms. The van der Waals surface area contributed by atoms with Crippen molar-refractivity contribution in [2.24, 2.45) is 5.92 Å². The van der Waals surface area contributed by atoms with E-state index in [1.807, 2.05) is 6.92 Å². The highest BCUT2D eigenvalue weighted by Crippen LogP contribution is 2.20. The molecule has 2 aliphatic rings. The first-order chi connectivity index (χ1) is 14.5. The van der Waals surface area contributed by atoms with Gasteiger partial charge in [0.15, 0.2) is 5.82 Å². The lowest BCUT2D eigenvalue weighted by Crippen LogP contribution is -2.40. The van der Waals surface area contributed by atoms with Crippen LogP contribution in [0, 0.1) is 5.92 Å². The molecule has 1 N–H and O–H groups in total. The molecule has 0 saturated carbocycles. The zero-order valence-corrected chi connectivity index (χ0v) is 18.4. The molecule has 0 aliphatic carbocycles. The van der Waals surface area contributed by atoms with Gasteiger partial charge in [-0.3, -0.25) is 9.69 Å². The molecule has 2 aromatic heterocycles. The molecule has 8 nitrogen and oxygen atoms in total. The first kappa shape index (κ1) is 21.1. The topological polar surface area (TPSA) is 79.4 Å². The van der Waals surface area contributed by atoms with Gasteiger partial charge in [0.05, 0.1) is 12.6 Å². The lowest BCUT2D eigenvalue weighted by atomic mass is 9.96. The minimum Gasteiger partial charge on any atom is -0.465 e. The predicted octanol–water partition coefficient (Wildman–Crippen LogP) is 2.01. The lowest BCUT2D eigenvalue weighted by Gasteiger charge is -2.29. The Bertz CT molecular complexity index is 852. The third-order valence-electron chi connectivity index (χ3n) is 6.43. The van der Waals surface area contributed by atoms with Crippen molar-refractivity contribution >= 4 is 5.91 Å². The molecule has 2 aliphatic heterocycles. The van der Waals surface area contributed by atoms with Crippen molar-refractivity contribution in [3.8, 4) is 0 Å². The summed E-state index contributed by atoms with van der Waals surface area (Å²) in [7, 11) is 2.11. The normalized spacial score (nSPS) is 20.0. The van der Waals surface area contributed by atoms with Crippen LogP contribution in [0.1, 0.15) is 55.9 Å². The van der Waals surface area contributed by atoms with Gasteiger partial charge in [-0.25, -0.2) is 0 Å².